The van der Waals surface area contributed by atoms with E-state index in [0.717, 1.165) is 8.37 Å². The number of allylic oxidation sites excluding steroid dienone is 1. The van der Waals surface area contributed by atoms with Crippen LogP contribution in [0.5, 0.6) is 0 Å². The third-order valence-electron chi connectivity index (χ3n) is 17.5. The van der Waals surface area contributed by atoms with Crippen LogP contribution in [0.25, 0.3) is 0 Å². The summed E-state index contributed by atoms with van der Waals surface area (Å²) in [5, 5.41) is 3.42. The minimum absolute atomic E-state index is 0.154. The van der Waals surface area contributed by atoms with E-state index in [2.05, 4.69) is 73.3 Å². The molecule has 5 unspecified atom stereocenters. The number of fused-ring (bicyclic) bond motifs is 10. The van der Waals surface area contributed by atoms with E-state index >= 15 is 0 Å². The molecule has 0 aromatic heterocycles. The number of rotatable bonds is 4. The van der Waals surface area contributed by atoms with Crippen LogP contribution in [0.1, 0.15) is 0 Å². The molecule has 130 valence electrons. The van der Waals surface area contributed by atoms with E-state index in [4.69, 9.17) is 0 Å². The van der Waals surface area contributed by atoms with Gasteiger partial charge in [0, 0.05) is 0 Å². The molecule has 0 amide bonds. The molecule has 0 N–H and O–H groups in total. The molecular formula is C24H21FeP. The van der Waals surface area contributed by atoms with Gasteiger partial charge in [0.2, 0.25) is 0 Å². The summed E-state index contributed by atoms with van der Waals surface area (Å²) >= 11 is 0. The topological polar surface area (TPSA) is 0 Å². The van der Waals surface area contributed by atoms with Crippen LogP contribution in [0.3, 0.4) is 0 Å². The van der Waals surface area contributed by atoms with Crippen molar-refractivity contribution in [3.8, 4) is 0 Å². The fraction of sp³-hybridized carbons (Fsp3) is 0.417. The number of hydrogen-bond acceptors (Lipinski definition) is 0. The van der Waals surface area contributed by atoms with Crippen molar-refractivity contribution in [1.82, 2.24) is 0 Å². The molecule has 5 atom stereocenters. The van der Waals surface area contributed by atoms with Gasteiger partial charge in [-0.3, -0.25) is 0 Å². The maximum absolute atomic E-state index is 4.53. The van der Waals surface area contributed by atoms with E-state index in [1.165, 1.54) is 38.5 Å². The SMILES string of the molecule is C=C[C]12[CH]3[CH]4[C]5(P(c6ccccc6)c6ccccc6)[CH]1[Fe]34251678[CH]2[CH]1[CH]6[CH]7[CH]28. The Morgan fingerprint density at radius 2 is 1.27 bits per heavy atom. The molecule has 10 fully saturated rings. The molecule has 10 saturated heterocycles. The molecule has 0 saturated carbocycles. The molecule has 2 heteroatoms. The third-order valence-corrected chi connectivity index (χ3v) is 67.4. The zero-order valence-corrected chi connectivity index (χ0v) is 16.5. The summed E-state index contributed by atoms with van der Waals surface area (Å²) in [6.07, 6.45) is 2.63. The first-order valence-corrected chi connectivity index (χ1v) is 17.9. The van der Waals surface area contributed by atoms with Gasteiger partial charge >= 0.3 is 145 Å². The number of benzene rings is 2. The van der Waals surface area contributed by atoms with Gasteiger partial charge in [0.05, 0.1) is 0 Å². The minimum atomic E-state index is -3.39. The van der Waals surface area contributed by atoms with Crippen LogP contribution in [-0.4, -0.2) is 4.05 Å². The molecule has 10 aliphatic rings. The average Bonchev–Trinajstić information content (AvgIpc) is 3.64. The Bertz CT molecular complexity index is 1510. The van der Waals surface area contributed by atoms with E-state index in [1.54, 1.807) is 10.6 Å². The summed E-state index contributed by atoms with van der Waals surface area (Å²) in [5.74, 6) is 0. The van der Waals surface area contributed by atoms with Crippen molar-refractivity contribution in [2.24, 2.45) is 0 Å². The predicted molar refractivity (Wildman–Crippen MR) is 105 cm³/mol. The Labute approximate surface area is 145 Å². The quantitative estimate of drug-likeness (QED) is 0.339. The normalized spacial score (nSPS) is 84.7. The van der Waals surface area contributed by atoms with Crippen molar-refractivity contribution in [3.05, 3.63) is 73.3 Å². The van der Waals surface area contributed by atoms with Gasteiger partial charge in [0.15, 0.2) is 0 Å². The van der Waals surface area contributed by atoms with E-state index in [9.17, 15) is 0 Å². The van der Waals surface area contributed by atoms with Gasteiger partial charge in [-0.15, -0.1) is 0 Å². The fourth-order valence-electron chi connectivity index (χ4n) is 19.5. The summed E-state index contributed by atoms with van der Waals surface area (Å²) in [6.45, 7) is 1.14. The molecule has 10 aliphatic heterocycles. The Hall–Kier alpha value is -0.871. The number of hydrogen-bond donors (Lipinski definition) is 0. The average molecular weight is 396 g/mol. The zero-order chi connectivity index (χ0) is 16.4. The molecule has 0 bridgehead atoms. The second-order valence-electron chi connectivity index (χ2n) is 13.0. The molecular weight excluding hydrogens is 375 g/mol. The van der Waals surface area contributed by atoms with Crippen molar-refractivity contribution in [2.45, 2.75) is 46.9 Å². The summed E-state index contributed by atoms with van der Waals surface area (Å²) in [4.78, 5) is 10.5. The molecule has 12 rings (SSSR count). The summed E-state index contributed by atoms with van der Waals surface area (Å²) < 4.78 is 1.69. The van der Waals surface area contributed by atoms with E-state index in [-0.39, 0.29) is 7.92 Å². The second-order valence-corrected chi connectivity index (χ2v) is 39.1. The van der Waals surface area contributed by atoms with Crippen molar-refractivity contribution in [3.63, 3.8) is 0 Å². The van der Waals surface area contributed by atoms with Gasteiger partial charge in [0.1, 0.15) is 0 Å². The van der Waals surface area contributed by atoms with Crippen LogP contribution >= 0.6 is 7.92 Å². The monoisotopic (exact) mass is 396 g/mol. The molecule has 0 radical (unpaired) electrons. The van der Waals surface area contributed by atoms with Crippen LogP contribution in [0.2, 0.25) is 42.8 Å². The van der Waals surface area contributed by atoms with Crippen molar-refractivity contribution in [2.75, 3.05) is 0 Å². The summed E-state index contributed by atoms with van der Waals surface area (Å²) in [5.41, 5.74) is 0. The Morgan fingerprint density at radius 3 is 1.62 bits per heavy atom. The van der Waals surface area contributed by atoms with Crippen LogP contribution < -0.4 is 10.6 Å². The van der Waals surface area contributed by atoms with E-state index in [1.807, 2.05) is 0 Å². The third kappa shape index (κ3) is 0.170. The van der Waals surface area contributed by atoms with Crippen LogP contribution in [0.4, 0.5) is 0 Å². The second kappa shape index (κ2) is 1.29. The van der Waals surface area contributed by atoms with Gasteiger partial charge in [-0.25, -0.2) is 0 Å². The molecule has 2 aromatic carbocycles. The Kier molecular flexibility index (Phi) is 0.555. The first kappa shape index (κ1) is 11.2. The zero-order valence-electron chi connectivity index (χ0n) is 14.5. The Morgan fingerprint density at radius 1 is 0.769 bits per heavy atom. The summed E-state index contributed by atoms with van der Waals surface area (Å²) in [6, 6.07) is 23.6. The van der Waals surface area contributed by atoms with Crippen molar-refractivity contribution in [1.29, 1.82) is 0 Å². The molecule has 0 nitrogen and oxygen atoms in total. The van der Waals surface area contributed by atoms with Gasteiger partial charge in [-0.1, -0.05) is 0 Å². The first-order valence-electron chi connectivity index (χ1n) is 10.3. The van der Waals surface area contributed by atoms with Crippen LogP contribution in [0, 0.1) is 0 Å². The molecule has 10 heterocycles. The van der Waals surface area contributed by atoms with E-state index < -0.39 is 6.51 Å². The van der Waals surface area contributed by atoms with Gasteiger partial charge < -0.3 is 0 Å². The van der Waals surface area contributed by atoms with Crippen LogP contribution in [0.15, 0.2) is 73.3 Å². The maximum atomic E-state index is 4.53. The van der Waals surface area contributed by atoms with Crippen molar-refractivity contribution >= 4 is 18.5 Å². The molecule has 26 heavy (non-hydrogen) atoms. The van der Waals surface area contributed by atoms with Crippen LogP contribution in [-0.2, 0) is 6.51 Å². The van der Waals surface area contributed by atoms with Gasteiger partial charge in [0.25, 0.3) is 0 Å². The molecule has 0 aliphatic carbocycles. The predicted octanol–water partition coefficient (Wildman–Crippen LogP) is 5.97. The molecule has 1 spiro atoms. The van der Waals surface area contributed by atoms with Gasteiger partial charge in [-0.2, -0.15) is 0 Å². The van der Waals surface area contributed by atoms with E-state index in [0.29, 0.717) is 0 Å². The summed E-state index contributed by atoms with van der Waals surface area (Å²) in [7, 11) is -0.154. The first-order chi connectivity index (χ1) is 12.6. The Balaban J connectivity index is 1.31. The van der Waals surface area contributed by atoms with Gasteiger partial charge in [-0.05, 0) is 0 Å². The standard InChI is InChI=1S/C19H16P.C5H5.Fe/c1-2-16-13-14-19(15-16)20(17-9-5-3-6-10-17)18-11-7-4-8-12-18;1-2-4-5-3-1;/h2-15H,1H2;1-5H;. The van der Waals surface area contributed by atoms with Crippen molar-refractivity contribution < 1.29 is 6.51 Å². The molecule has 2 aromatic rings. The fourth-order valence-corrected chi connectivity index (χ4v) is 110.